The lowest BCUT2D eigenvalue weighted by Crippen LogP contribution is -2.47. The summed E-state index contributed by atoms with van der Waals surface area (Å²) in [4.78, 5) is 30.1. The monoisotopic (exact) mass is 330 g/mol. The molecule has 24 heavy (non-hydrogen) atoms. The van der Waals surface area contributed by atoms with Crippen molar-refractivity contribution in [3.8, 4) is 0 Å². The number of rotatable bonds is 3. The first-order valence-corrected chi connectivity index (χ1v) is 8.25. The Bertz CT molecular complexity index is 783. The number of aromatic nitrogens is 3. The molecule has 3 rings (SSSR count). The quantitative estimate of drug-likeness (QED) is 0.933. The van der Waals surface area contributed by atoms with Crippen molar-refractivity contribution in [2.24, 2.45) is 5.92 Å². The highest BCUT2D eigenvalue weighted by atomic mass is 16.4. The number of hydrogen-bond acceptors (Lipinski definition) is 4. The van der Waals surface area contributed by atoms with Gasteiger partial charge in [-0.25, -0.2) is 9.67 Å². The van der Waals surface area contributed by atoms with E-state index in [-0.39, 0.29) is 24.5 Å². The number of likely N-dealkylation sites (tertiary alicyclic amines) is 1. The summed E-state index contributed by atoms with van der Waals surface area (Å²) in [6.45, 7) is 6.25. The zero-order valence-corrected chi connectivity index (χ0v) is 14.1. The molecule has 1 amide bonds. The van der Waals surface area contributed by atoms with Gasteiger partial charge in [0, 0.05) is 30.2 Å². The molecule has 0 spiro atoms. The number of carbonyl (C=O) groups excluding carboxylic acids is 1. The van der Waals surface area contributed by atoms with Gasteiger partial charge in [-0.05, 0) is 39.7 Å². The van der Waals surface area contributed by atoms with Crippen molar-refractivity contribution in [3.63, 3.8) is 0 Å². The number of aliphatic carboxylic acids is 1. The van der Waals surface area contributed by atoms with E-state index < -0.39 is 11.9 Å². The van der Waals surface area contributed by atoms with E-state index in [1.54, 1.807) is 23.4 Å². The van der Waals surface area contributed by atoms with Gasteiger partial charge in [0.15, 0.2) is 5.65 Å². The van der Waals surface area contributed by atoms with Crippen molar-refractivity contribution < 1.29 is 14.7 Å². The Hall–Kier alpha value is -2.44. The molecule has 1 saturated heterocycles. The predicted octanol–water partition coefficient (Wildman–Crippen LogP) is 2.34. The summed E-state index contributed by atoms with van der Waals surface area (Å²) in [6, 6.07) is 2.00. The van der Waals surface area contributed by atoms with Crippen LogP contribution in [0.25, 0.3) is 11.0 Å². The smallest absolute Gasteiger partial charge is 0.308 e. The Morgan fingerprint density at radius 3 is 2.71 bits per heavy atom. The fourth-order valence-corrected chi connectivity index (χ4v) is 3.19. The molecule has 1 aliphatic rings. The molecule has 2 aromatic rings. The summed E-state index contributed by atoms with van der Waals surface area (Å²) in [5.74, 6) is -1.50. The summed E-state index contributed by atoms with van der Waals surface area (Å²) in [5.41, 5.74) is 1.22. The number of carboxylic acids is 1. The lowest BCUT2D eigenvalue weighted by atomic mass is 9.93. The molecule has 0 saturated carbocycles. The van der Waals surface area contributed by atoms with E-state index in [4.69, 9.17) is 0 Å². The van der Waals surface area contributed by atoms with Crippen molar-refractivity contribution in [2.75, 3.05) is 6.54 Å². The zero-order chi connectivity index (χ0) is 17.4. The van der Waals surface area contributed by atoms with Crippen molar-refractivity contribution in [1.82, 2.24) is 19.7 Å². The van der Waals surface area contributed by atoms with Gasteiger partial charge in [-0.1, -0.05) is 0 Å². The van der Waals surface area contributed by atoms with E-state index >= 15 is 0 Å². The van der Waals surface area contributed by atoms with Crippen molar-refractivity contribution in [3.05, 3.63) is 24.0 Å². The van der Waals surface area contributed by atoms with Gasteiger partial charge in [0.25, 0.3) is 5.91 Å². The molecule has 2 aromatic heterocycles. The van der Waals surface area contributed by atoms with E-state index in [2.05, 4.69) is 10.1 Å². The van der Waals surface area contributed by atoms with Gasteiger partial charge in [-0.2, -0.15) is 5.10 Å². The zero-order valence-electron chi connectivity index (χ0n) is 14.1. The van der Waals surface area contributed by atoms with Crippen LogP contribution in [0.5, 0.6) is 0 Å². The highest BCUT2D eigenvalue weighted by Gasteiger charge is 2.33. The van der Waals surface area contributed by atoms with Crippen LogP contribution in [0, 0.1) is 5.92 Å². The molecule has 1 N–H and O–H groups in total. The SMILES string of the molecule is CC1CCC(C(=O)O)CN1C(=O)c1cnc2c(cnn2C(C)C)c1. The number of fused-ring (bicyclic) bond motifs is 1. The van der Waals surface area contributed by atoms with Gasteiger partial charge >= 0.3 is 5.97 Å². The van der Waals surface area contributed by atoms with Crippen LogP contribution in [-0.4, -0.2) is 49.2 Å². The van der Waals surface area contributed by atoms with E-state index in [0.29, 0.717) is 18.4 Å². The average Bonchev–Trinajstić information content (AvgIpc) is 2.97. The fraction of sp³-hybridized carbons (Fsp3) is 0.529. The maximum Gasteiger partial charge on any atom is 0.308 e. The molecular formula is C17H22N4O3. The first-order chi connectivity index (χ1) is 11.4. The Labute approximate surface area is 140 Å². The minimum absolute atomic E-state index is 0.0298. The van der Waals surface area contributed by atoms with Crippen LogP contribution in [0.15, 0.2) is 18.5 Å². The predicted molar refractivity (Wildman–Crippen MR) is 88.8 cm³/mol. The number of carboxylic acid groups (broad SMARTS) is 1. The molecule has 1 aliphatic heterocycles. The Balaban J connectivity index is 1.89. The molecule has 0 aromatic carbocycles. The highest BCUT2D eigenvalue weighted by molar-refractivity contribution is 5.97. The Kier molecular flexibility index (Phi) is 4.26. The van der Waals surface area contributed by atoms with Crippen LogP contribution in [0.4, 0.5) is 0 Å². The maximum atomic E-state index is 12.8. The van der Waals surface area contributed by atoms with Gasteiger partial charge in [0.2, 0.25) is 0 Å². The first-order valence-electron chi connectivity index (χ1n) is 8.25. The Morgan fingerprint density at radius 2 is 2.04 bits per heavy atom. The third-order valence-corrected chi connectivity index (χ3v) is 4.66. The second-order valence-electron chi connectivity index (χ2n) is 6.74. The van der Waals surface area contributed by atoms with Crippen LogP contribution in [0.3, 0.4) is 0 Å². The van der Waals surface area contributed by atoms with Crippen LogP contribution in [0.1, 0.15) is 50.0 Å². The van der Waals surface area contributed by atoms with Crippen molar-refractivity contribution >= 4 is 22.9 Å². The number of piperidine rings is 1. The van der Waals surface area contributed by atoms with Crippen molar-refractivity contribution in [1.29, 1.82) is 0 Å². The number of carbonyl (C=O) groups is 2. The molecule has 128 valence electrons. The van der Waals surface area contributed by atoms with Crippen LogP contribution in [-0.2, 0) is 4.79 Å². The first kappa shape index (κ1) is 16.4. The summed E-state index contributed by atoms with van der Waals surface area (Å²) < 4.78 is 1.81. The third kappa shape index (κ3) is 2.86. The van der Waals surface area contributed by atoms with Gasteiger partial charge < -0.3 is 10.0 Å². The number of nitrogens with zero attached hydrogens (tertiary/aromatic N) is 4. The van der Waals surface area contributed by atoms with Gasteiger partial charge in [0.1, 0.15) is 0 Å². The van der Waals surface area contributed by atoms with E-state index in [1.807, 2.05) is 25.5 Å². The molecule has 3 heterocycles. The van der Waals surface area contributed by atoms with Crippen molar-refractivity contribution in [2.45, 2.75) is 45.7 Å². The normalized spacial score (nSPS) is 21.4. The minimum atomic E-state index is -0.841. The standard InChI is InChI=1S/C17H22N4O3/c1-10(2)21-15-13(8-19-21)6-14(7-18-15)16(22)20-9-12(17(23)24)5-4-11(20)3/h6-8,10-12H,4-5,9H2,1-3H3,(H,23,24). The van der Waals surface area contributed by atoms with E-state index in [0.717, 1.165) is 11.0 Å². The molecule has 0 radical (unpaired) electrons. The number of amides is 1. The lowest BCUT2D eigenvalue weighted by Gasteiger charge is -2.36. The van der Waals surface area contributed by atoms with Gasteiger partial charge in [-0.3, -0.25) is 9.59 Å². The molecule has 0 aliphatic carbocycles. The third-order valence-electron chi connectivity index (χ3n) is 4.66. The average molecular weight is 330 g/mol. The summed E-state index contributed by atoms with van der Waals surface area (Å²) >= 11 is 0. The second kappa shape index (κ2) is 6.22. The Morgan fingerprint density at radius 1 is 1.29 bits per heavy atom. The number of pyridine rings is 1. The molecule has 0 bridgehead atoms. The molecule has 7 heteroatoms. The molecule has 2 atom stereocenters. The maximum absolute atomic E-state index is 12.8. The van der Waals surface area contributed by atoms with Crippen LogP contribution >= 0.6 is 0 Å². The lowest BCUT2D eigenvalue weighted by molar-refractivity contribution is -0.143. The minimum Gasteiger partial charge on any atom is -0.481 e. The molecule has 1 fully saturated rings. The van der Waals surface area contributed by atoms with Gasteiger partial charge in [-0.15, -0.1) is 0 Å². The second-order valence-corrected chi connectivity index (χ2v) is 6.74. The van der Waals surface area contributed by atoms with E-state index in [1.165, 1.54) is 0 Å². The fourth-order valence-electron chi connectivity index (χ4n) is 3.19. The summed E-state index contributed by atoms with van der Waals surface area (Å²) in [6.07, 6.45) is 4.57. The molecule has 2 unspecified atom stereocenters. The molecule has 7 nitrogen and oxygen atoms in total. The summed E-state index contributed by atoms with van der Waals surface area (Å²) in [7, 11) is 0. The molecular weight excluding hydrogens is 308 g/mol. The highest BCUT2D eigenvalue weighted by Crippen LogP contribution is 2.25. The van der Waals surface area contributed by atoms with Crippen LogP contribution in [0.2, 0.25) is 0 Å². The van der Waals surface area contributed by atoms with Crippen LogP contribution < -0.4 is 0 Å². The number of hydrogen-bond donors (Lipinski definition) is 1. The van der Waals surface area contributed by atoms with Gasteiger partial charge in [0.05, 0.1) is 17.7 Å². The largest absolute Gasteiger partial charge is 0.481 e. The summed E-state index contributed by atoms with van der Waals surface area (Å²) in [5, 5.41) is 14.4. The topological polar surface area (TPSA) is 88.3 Å². The van der Waals surface area contributed by atoms with E-state index in [9.17, 15) is 14.7 Å².